The van der Waals surface area contributed by atoms with Gasteiger partial charge in [-0.25, -0.2) is 4.39 Å². The molecule has 0 saturated carbocycles. The van der Waals surface area contributed by atoms with Crippen LogP contribution in [0.1, 0.15) is 32.3 Å². The highest BCUT2D eigenvalue weighted by Gasteiger charge is 2.39. The van der Waals surface area contributed by atoms with Gasteiger partial charge in [0.1, 0.15) is 5.82 Å². The van der Waals surface area contributed by atoms with Gasteiger partial charge in [-0.1, -0.05) is 23.3 Å². The van der Waals surface area contributed by atoms with Crippen molar-refractivity contribution in [2.75, 3.05) is 26.2 Å². The van der Waals surface area contributed by atoms with E-state index in [0.29, 0.717) is 25.9 Å². The molecule has 2 atom stereocenters. The lowest BCUT2D eigenvalue weighted by Gasteiger charge is -2.38. The number of hydrogen-bond acceptors (Lipinski definition) is 3. The second-order valence-electron chi connectivity index (χ2n) is 7.75. The number of benzene rings is 1. The van der Waals surface area contributed by atoms with Gasteiger partial charge in [0, 0.05) is 32.7 Å². The first-order valence-corrected chi connectivity index (χ1v) is 9.48. The van der Waals surface area contributed by atoms with Gasteiger partial charge < -0.3 is 10.0 Å². The predicted octanol–water partition coefficient (Wildman–Crippen LogP) is 2.92. The molecule has 1 aromatic rings. The summed E-state index contributed by atoms with van der Waals surface area (Å²) in [5.41, 5.74) is 3.28. The number of carboxylic acids is 1. The first-order chi connectivity index (χ1) is 12.8. The van der Waals surface area contributed by atoms with Crippen molar-refractivity contribution in [1.29, 1.82) is 0 Å². The van der Waals surface area contributed by atoms with Gasteiger partial charge in [0.05, 0.1) is 11.8 Å². The topological polar surface area (TPSA) is 60.9 Å². The smallest absolute Gasteiger partial charge is 0.307 e. The third-order valence-corrected chi connectivity index (χ3v) is 5.90. The number of allylic oxidation sites excluding steroid dienone is 2. The molecule has 0 spiro atoms. The second-order valence-corrected chi connectivity index (χ2v) is 7.75. The van der Waals surface area contributed by atoms with E-state index in [4.69, 9.17) is 0 Å². The highest BCUT2D eigenvalue weighted by molar-refractivity contribution is 5.85. The largest absolute Gasteiger partial charge is 0.481 e. The number of carboxylic acid groups (broad SMARTS) is 1. The average Bonchev–Trinajstić information content (AvgIpc) is 2.65. The van der Waals surface area contributed by atoms with Crippen molar-refractivity contribution in [3.8, 4) is 0 Å². The Morgan fingerprint density at radius 3 is 2.11 bits per heavy atom. The Labute approximate surface area is 159 Å². The Hall–Kier alpha value is -2.21. The van der Waals surface area contributed by atoms with Crippen LogP contribution < -0.4 is 0 Å². The predicted molar refractivity (Wildman–Crippen MR) is 100 cm³/mol. The van der Waals surface area contributed by atoms with Crippen LogP contribution in [0.4, 0.5) is 4.39 Å². The molecule has 1 amide bonds. The summed E-state index contributed by atoms with van der Waals surface area (Å²) in [5, 5.41) is 9.56. The number of carbonyl (C=O) groups excluding carboxylic acids is 1. The van der Waals surface area contributed by atoms with Crippen molar-refractivity contribution in [3.63, 3.8) is 0 Å². The summed E-state index contributed by atoms with van der Waals surface area (Å²) < 4.78 is 13.0. The summed E-state index contributed by atoms with van der Waals surface area (Å²) in [6.07, 6.45) is 1.000. The van der Waals surface area contributed by atoms with Gasteiger partial charge in [-0.15, -0.1) is 0 Å². The van der Waals surface area contributed by atoms with Gasteiger partial charge in [-0.2, -0.15) is 0 Å². The maximum atomic E-state index is 13.0. The summed E-state index contributed by atoms with van der Waals surface area (Å²) in [6.45, 7) is 7.36. The first-order valence-electron chi connectivity index (χ1n) is 9.48. The van der Waals surface area contributed by atoms with Crippen molar-refractivity contribution >= 4 is 11.9 Å². The van der Waals surface area contributed by atoms with Gasteiger partial charge in [-0.3, -0.25) is 14.5 Å². The molecule has 2 unspecified atom stereocenters. The number of aliphatic carboxylic acids is 1. The fourth-order valence-electron chi connectivity index (χ4n) is 4.02. The van der Waals surface area contributed by atoms with Gasteiger partial charge in [-0.05, 0) is 44.4 Å². The molecule has 27 heavy (non-hydrogen) atoms. The van der Waals surface area contributed by atoms with Crippen LogP contribution in [0, 0.1) is 17.7 Å². The zero-order chi connectivity index (χ0) is 19.6. The Kier molecular flexibility index (Phi) is 5.95. The van der Waals surface area contributed by atoms with Crippen LogP contribution in [-0.4, -0.2) is 53.0 Å². The zero-order valence-corrected chi connectivity index (χ0v) is 15.9. The van der Waals surface area contributed by atoms with E-state index in [1.165, 1.54) is 12.1 Å². The van der Waals surface area contributed by atoms with Gasteiger partial charge in [0.25, 0.3) is 0 Å². The highest BCUT2D eigenvalue weighted by atomic mass is 19.1. The van der Waals surface area contributed by atoms with E-state index in [9.17, 15) is 19.1 Å². The molecule has 1 aliphatic heterocycles. The van der Waals surface area contributed by atoms with Crippen molar-refractivity contribution in [2.24, 2.45) is 11.8 Å². The van der Waals surface area contributed by atoms with Crippen LogP contribution >= 0.6 is 0 Å². The van der Waals surface area contributed by atoms with Crippen molar-refractivity contribution < 1.29 is 19.1 Å². The number of amides is 1. The third-order valence-electron chi connectivity index (χ3n) is 5.90. The quantitative estimate of drug-likeness (QED) is 0.824. The minimum absolute atomic E-state index is 0.0318. The SMILES string of the molecule is CC1=C(C)CC(C(=O)N2CCN(Cc3ccc(F)cc3)CC2)C(C(=O)O)C1. The Balaban J connectivity index is 1.59. The highest BCUT2D eigenvalue weighted by Crippen LogP contribution is 2.35. The molecule has 6 heteroatoms. The van der Waals surface area contributed by atoms with E-state index in [0.717, 1.165) is 36.3 Å². The zero-order valence-electron chi connectivity index (χ0n) is 15.9. The molecule has 1 aromatic carbocycles. The molecule has 0 radical (unpaired) electrons. The van der Waals surface area contributed by atoms with Gasteiger partial charge in [0.15, 0.2) is 0 Å². The Morgan fingerprint density at radius 1 is 1.00 bits per heavy atom. The molecule has 1 N–H and O–H groups in total. The van der Waals surface area contributed by atoms with Gasteiger partial charge >= 0.3 is 5.97 Å². The van der Waals surface area contributed by atoms with E-state index in [1.54, 1.807) is 12.1 Å². The summed E-state index contributed by atoms with van der Waals surface area (Å²) >= 11 is 0. The Morgan fingerprint density at radius 2 is 1.56 bits per heavy atom. The number of carbonyl (C=O) groups is 2. The Bertz CT molecular complexity index is 736. The number of rotatable bonds is 4. The molecule has 5 nitrogen and oxygen atoms in total. The summed E-state index contributed by atoms with van der Waals surface area (Å²) in [5.74, 6) is -2.24. The van der Waals surface area contributed by atoms with Crippen LogP contribution in [0.3, 0.4) is 0 Å². The van der Waals surface area contributed by atoms with Crippen molar-refractivity contribution in [1.82, 2.24) is 9.80 Å². The third kappa shape index (κ3) is 4.56. The number of hydrogen-bond donors (Lipinski definition) is 1. The summed E-state index contributed by atoms with van der Waals surface area (Å²) in [7, 11) is 0. The number of nitrogens with zero attached hydrogens (tertiary/aromatic N) is 2. The van der Waals surface area contributed by atoms with Crippen molar-refractivity contribution in [2.45, 2.75) is 33.2 Å². The lowest BCUT2D eigenvalue weighted by atomic mass is 9.76. The van der Waals surface area contributed by atoms with Crippen LogP contribution in [0.5, 0.6) is 0 Å². The van der Waals surface area contributed by atoms with E-state index < -0.39 is 17.8 Å². The molecule has 0 bridgehead atoms. The van der Waals surface area contributed by atoms with Crippen LogP contribution in [0.25, 0.3) is 0 Å². The monoisotopic (exact) mass is 374 g/mol. The van der Waals surface area contributed by atoms with E-state index >= 15 is 0 Å². The molecule has 146 valence electrons. The standard InChI is InChI=1S/C21H27FN2O3/c1-14-11-18(19(21(26)27)12-15(14)2)20(25)24-9-7-23(8-10-24)13-16-3-5-17(22)6-4-16/h3-6,18-19H,7-13H2,1-2H3,(H,26,27). The molecule has 0 aromatic heterocycles. The molecule has 1 aliphatic carbocycles. The molecule has 2 aliphatic rings. The summed E-state index contributed by atoms with van der Waals surface area (Å²) in [6, 6.07) is 6.48. The molecule has 1 saturated heterocycles. The van der Waals surface area contributed by atoms with Crippen LogP contribution in [0.2, 0.25) is 0 Å². The minimum atomic E-state index is -0.879. The van der Waals surface area contributed by atoms with Crippen LogP contribution in [-0.2, 0) is 16.1 Å². The number of halogens is 1. The second kappa shape index (κ2) is 8.21. The lowest BCUT2D eigenvalue weighted by Crippen LogP contribution is -2.51. The normalized spacial score (nSPS) is 24.2. The first kappa shape index (κ1) is 19.5. The fourth-order valence-corrected chi connectivity index (χ4v) is 4.02. The maximum absolute atomic E-state index is 13.0. The molecule has 1 heterocycles. The average molecular weight is 374 g/mol. The van der Waals surface area contributed by atoms with Crippen LogP contribution in [0.15, 0.2) is 35.4 Å². The molecule has 3 rings (SSSR count). The van der Waals surface area contributed by atoms with E-state index in [2.05, 4.69) is 4.90 Å². The summed E-state index contributed by atoms with van der Waals surface area (Å²) in [4.78, 5) is 28.7. The van der Waals surface area contributed by atoms with E-state index in [-0.39, 0.29) is 11.7 Å². The maximum Gasteiger partial charge on any atom is 0.307 e. The molecule has 1 fully saturated rings. The molecular formula is C21H27FN2O3. The lowest BCUT2D eigenvalue weighted by molar-refractivity contribution is -0.151. The molecular weight excluding hydrogens is 347 g/mol. The van der Waals surface area contributed by atoms with Crippen molar-refractivity contribution in [3.05, 3.63) is 46.8 Å². The number of piperazine rings is 1. The minimum Gasteiger partial charge on any atom is -0.481 e. The van der Waals surface area contributed by atoms with E-state index in [1.807, 2.05) is 18.7 Å². The van der Waals surface area contributed by atoms with Gasteiger partial charge in [0.2, 0.25) is 5.91 Å². The fraction of sp³-hybridized carbons (Fsp3) is 0.524.